The fraction of sp³-hybridized carbons (Fsp3) is 0.273. The molecule has 2 aromatic carbocycles. The largest absolute Gasteiger partial charge is 0.497 e. The van der Waals surface area contributed by atoms with E-state index in [1.54, 1.807) is 54.5 Å². The SMILES string of the molecule is COc1ccc(NC(=O)CSc2nnc(C3CC(=O)N(c4ccc(OC)c(Cl)c4)C3)o2)cc1. The predicted molar refractivity (Wildman–Crippen MR) is 124 cm³/mol. The van der Waals surface area contributed by atoms with E-state index < -0.39 is 0 Å². The third kappa shape index (κ3) is 5.40. The van der Waals surface area contributed by atoms with Crippen LogP contribution in [0.2, 0.25) is 5.02 Å². The van der Waals surface area contributed by atoms with Gasteiger partial charge in [-0.1, -0.05) is 23.4 Å². The minimum Gasteiger partial charge on any atom is -0.497 e. The van der Waals surface area contributed by atoms with E-state index in [0.717, 1.165) is 11.8 Å². The number of hydrogen-bond acceptors (Lipinski definition) is 8. The quantitative estimate of drug-likeness (QED) is 0.474. The van der Waals surface area contributed by atoms with Crippen molar-refractivity contribution < 1.29 is 23.5 Å². The summed E-state index contributed by atoms with van der Waals surface area (Å²) in [5.74, 6) is 1.21. The van der Waals surface area contributed by atoms with Gasteiger partial charge in [-0.25, -0.2) is 0 Å². The van der Waals surface area contributed by atoms with Crippen LogP contribution in [0.15, 0.2) is 52.1 Å². The number of anilines is 2. The molecule has 4 rings (SSSR count). The Labute approximate surface area is 199 Å². The van der Waals surface area contributed by atoms with Gasteiger partial charge in [-0.3, -0.25) is 9.59 Å². The molecule has 0 aliphatic carbocycles. The highest BCUT2D eigenvalue weighted by atomic mass is 35.5. The first kappa shape index (κ1) is 22.9. The minimum absolute atomic E-state index is 0.0625. The molecule has 0 bridgehead atoms. The molecule has 11 heteroatoms. The van der Waals surface area contributed by atoms with Crippen LogP contribution in [0.1, 0.15) is 18.2 Å². The van der Waals surface area contributed by atoms with Crippen LogP contribution in [-0.4, -0.2) is 48.5 Å². The van der Waals surface area contributed by atoms with E-state index in [1.165, 1.54) is 7.11 Å². The van der Waals surface area contributed by atoms with Gasteiger partial charge in [-0.2, -0.15) is 0 Å². The third-order valence-electron chi connectivity index (χ3n) is 5.04. The number of benzene rings is 2. The van der Waals surface area contributed by atoms with E-state index >= 15 is 0 Å². The monoisotopic (exact) mass is 488 g/mol. The molecule has 9 nitrogen and oxygen atoms in total. The Morgan fingerprint density at radius 3 is 2.70 bits per heavy atom. The van der Waals surface area contributed by atoms with Gasteiger partial charge in [-0.15, -0.1) is 10.2 Å². The number of methoxy groups -OCH3 is 2. The predicted octanol–water partition coefficient (Wildman–Crippen LogP) is 3.99. The van der Waals surface area contributed by atoms with Gasteiger partial charge < -0.3 is 24.1 Å². The van der Waals surface area contributed by atoms with Gasteiger partial charge >= 0.3 is 0 Å². The smallest absolute Gasteiger partial charge is 0.277 e. The molecule has 1 atom stereocenters. The Hall–Kier alpha value is -3.24. The van der Waals surface area contributed by atoms with Gasteiger partial charge in [0.25, 0.3) is 5.22 Å². The number of ether oxygens (including phenoxy) is 2. The van der Waals surface area contributed by atoms with Crippen molar-refractivity contribution in [3.05, 3.63) is 53.4 Å². The Balaban J connectivity index is 1.33. The molecular weight excluding hydrogens is 468 g/mol. The van der Waals surface area contributed by atoms with Crippen LogP contribution < -0.4 is 19.7 Å². The van der Waals surface area contributed by atoms with Gasteiger partial charge in [-0.05, 0) is 42.5 Å². The number of carbonyl (C=O) groups excluding carboxylic acids is 2. The van der Waals surface area contributed by atoms with Gasteiger partial charge in [0, 0.05) is 24.3 Å². The lowest BCUT2D eigenvalue weighted by Crippen LogP contribution is -2.24. The topological polar surface area (TPSA) is 107 Å². The van der Waals surface area contributed by atoms with Crippen molar-refractivity contribution in [1.29, 1.82) is 0 Å². The van der Waals surface area contributed by atoms with Crippen LogP contribution in [0.25, 0.3) is 0 Å². The Morgan fingerprint density at radius 1 is 1.21 bits per heavy atom. The van der Waals surface area contributed by atoms with Gasteiger partial charge in [0.2, 0.25) is 17.7 Å². The molecule has 1 fully saturated rings. The zero-order chi connectivity index (χ0) is 23.4. The molecule has 1 aliphatic rings. The molecule has 1 aromatic heterocycles. The second-order valence-corrected chi connectivity index (χ2v) is 8.53. The summed E-state index contributed by atoms with van der Waals surface area (Å²) in [6, 6.07) is 12.2. The molecular formula is C22H21ClN4O5S. The summed E-state index contributed by atoms with van der Waals surface area (Å²) in [7, 11) is 3.11. The number of nitrogens with one attached hydrogen (secondary N) is 1. The van der Waals surface area contributed by atoms with Crippen molar-refractivity contribution >= 4 is 46.6 Å². The van der Waals surface area contributed by atoms with Gasteiger partial charge in [0.05, 0.1) is 30.9 Å². The maximum absolute atomic E-state index is 12.6. The fourth-order valence-electron chi connectivity index (χ4n) is 3.39. The molecule has 2 amide bonds. The Morgan fingerprint density at radius 2 is 2.00 bits per heavy atom. The summed E-state index contributed by atoms with van der Waals surface area (Å²) in [6.45, 7) is 0.395. The lowest BCUT2D eigenvalue weighted by molar-refractivity contribution is -0.117. The lowest BCUT2D eigenvalue weighted by Gasteiger charge is -2.17. The lowest BCUT2D eigenvalue weighted by atomic mass is 10.1. The first-order valence-electron chi connectivity index (χ1n) is 10.0. The first-order chi connectivity index (χ1) is 16.0. The molecule has 1 saturated heterocycles. The maximum atomic E-state index is 12.6. The Kier molecular flexibility index (Phi) is 7.05. The molecule has 1 unspecified atom stereocenters. The van der Waals surface area contributed by atoms with E-state index in [0.29, 0.717) is 40.3 Å². The second kappa shape index (κ2) is 10.1. The molecule has 172 valence electrons. The van der Waals surface area contributed by atoms with E-state index in [1.807, 2.05) is 0 Å². The number of amides is 2. The highest BCUT2D eigenvalue weighted by Crippen LogP contribution is 2.35. The maximum Gasteiger partial charge on any atom is 0.277 e. The summed E-state index contributed by atoms with van der Waals surface area (Å²) in [5, 5.41) is 11.6. The summed E-state index contributed by atoms with van der Waals surface area (Å²) < 4.78 is 16.0. The summed E-state index contributed by atoms with van der Waals surface area (Å²) in [6.07, 6.45) is 0.244. The number of nitrogens with zero attached hydrogens (tertiary/aromatic N) is 3. The highest BCUT2D eigenvalue weighted by molar-refractivity contribution is 7.99. The average Bonchev–Trinajstić information content (AvgIpc) is 3.45. The van der Waals surface area contributed by atoms with Crippen LogP contribution in [0.3, 0.4) is 0 Å². The van der Waals surface area contributed by atoms with Crippen LogP contribution >= 0.6 is 23.4 Å². The number of rotatable bonds is 8. The minimum atomic E-state index is -0.242. The zero-order valence-corrected chi connectivity index (χ0v) is 19.5. The summed E-state index contributed by atoms with van der Waals surface area (Å²) in [4.78, 5) is 26.4. The van der Waals surface area contributed by atoms with Crippen LogP contribution in [0.5, 0.6) is 11.5 Å². The zero-order valence-electron chi connectivity index (χ0n) is 17.9. The molecule has 2 heterocycles. The van der Waals surface area contributed by atoms with Crippen molar-refractivity contribution in [3.63, 3.8) is 0 Å². The molecule has 1 N–H and O–H groups in total. The van der Waals surface area contributed by atoms with Crippen LogP contribution in [0, 0.1) is 0 Å². The normalized spacial score (nSPS) is 15.5. The van der Waals surface area contributed by atoms with Gasteiger partial charge in [0.15, 0.2) is 0 Å². The molecule has 3 aromatic rings. The standard InChI is InChI=1S/C22H21ClN4O5S/c1-30-16-6-3-14(4-7-16)24-19(28)12-33-22-26-25-21(32-22)13-9-20(29)27(11-13)15-5-8-18(31-2)17(23)10-15/h3-8,10,13H,9,11-12H2,1-2H3,(H,24,28). The number of carbonyl (C=O) groups is 2. The van der Waals surface area contributed by atoms with E-state index in [2.05, 4.69) is 15.5 Å². The van der Waals surface area contributed by atoms with Crippen molar-refractivity contribution in [2.45, 2.75) is 17.6 Å². The van der Waals surface area contributed by atoms with E-state index in [9.17, 15) is 9.59 Å². The van der Waals surface area contributed by atoms with Crippen molar-refractivity contribution in [1.82, 2.24) is 10.2 Å². The fourth-order valence-corrected chi connectivity index (χ4v) is 4.21. The van der Waals surface area contributed by atoms with E-state index in [-0.39, 0.29) is 35.1 Å². The molecule has 1 aliphatic heterocycles. The summed E-state index contributed by atoms with van der Waals surface area (Å²) in [5.41, 5.74) is 1.34. The molecule has 0 radical (unpaired) electrons. The third-order valence-corrected chi connectivity index (χ3v) is 6.16. The Bertz CT molecular complexity index is 1150. The number of aromatic nitrogens is 2. The van der Waals surface area contributed by atoms with Gasteiger partial charge in [0.1, 0.15) is 11.5 Å². The van der Waals surface area contributed by atoms with Crippen molar-refractivity contribution in [3.8, 4) is 11.5 Å². The van der Waals surface area contributed by atoms with Crippen molar-refractivity contribution in [2.75, 3.05) is 36.7 Å². The summed E-state index contributed by atoms with van der Waals surface area (Å²) >= 11 is 7.32. The van der Waals surface area contributed by atoms with Crippen molar-refractivity contribution in [2.24, 2.45) is 0 Å². The number of halogens is 1. The highest BCUT2D eigenvalue weighted by Gasteiger charge is 2.35. The molecule has 33 heavy (non-hydrogen) atoms. The average molecular weight is 489 g/mol. The molecule has 0 saturated carbocycles. The van der Waals surface area contributed by atoms with Crippen LogP contribution in [0.4, 0.5) is 11.4 Å². The number of thioether (sulfide) groups is 1. The molecule has 0 spiro atoms. The van der Waals surface area contributed by atoms with E-state index in [4.69, 9.17) is 25.5 Å². The van der Waals surface area contributed by atoms with Crippen LogP contribution in [-0.2, 0) is 9.59 Å². The second-order valence-electron chi connectivity index (χ2n) is 7.20. The number of hydrogen-bond donors (Lipinski definition) is 1. The first-order valence-corrected chi connectivity index (χ1v) is 11.4.